The van der Waals surface area contributed by atoms with E-state index in [1.54, 1.807) is 0 Å². The lowest BCUT2D eigenvalue weighted by atomic mass is 10.1. The zero-order valence-corrected chi connectivity index (χ0v) is 11.8. The molecule has 7 nitrogen and oxygen atoms in total. The molecule has 1 aliphatic rings. The SMILES string of the molecule is CC(N)c1nnc(N2CCN(CC(C)(C)O)CC2)o1. The van der Waals surface area contributed by atoms with E-state index in [1.807, 2.05) is 20.8 Å². The van der Waals surface area contributed by atoms with Crippen LogP contribution in [0.1, 0.15) is 32.7 Å². The molecule has 0 radical (unpaired) electrons. The summed E-state index contributed by atoms with van der Waals surface area (Å²) >= 11 is 0. The van der Waals surface area contributed by atoms with Crippen molar-refractivity contribution in [2.75, 3.05) is 37.6 Å². The van der Waals surface area contributed by atoms with Crippen LogP contribution in [0, 0.1) is 0 Å². The molecular formula is C12H23N5O2. The number of hydrogen-bond donors (Lipinski definition) is 2. The van der Waals surface area contributed by atoms with Crippen LogP contribution < -0.4 is 10.6 Å². The van der Waals surface area contributed by atoms with Crippen LogP contribution in [-0.2, 0) is 0 Å². The van der Waals surface area contributed by atoms with E-state index in [2.05, 4.69) is 20.0 Å². The molecule has 3 N–H and O–H groups in total. The molecule has 0 saturated carbocycles. The van der Waals surface area contributed by atoms with Gasteiger partial charge < -0.3 is 20.2 Å². The van der Waals surface area contributed by atoms with Gasteiger partial charge in [-0.3, -0.25) is 4.90 Å². The van der Waals surface area contributed by atoms with E-state index in [9.17, 15) is 5.11 Å². The van der Waals surface area contributed by atoms with Crippen LogP contribution in [0.3, 0.4) is 0 Å². The Morgan fingerprint density at radius 1 is 1.32 bits per heavy atom. The van der Waals surface area contributed by atoms with Gasteiger partial charge in [-0.05, 0) is 20.8 Å². The van der Waals surface area contributed by atoms with Gasteiger partial charge in [0.05, 0.1) is 11.6 Å². The number of hydrogen-bond acceptors (Lipinski definition) is 7. The summed E-state index contributed by atoms with van der Waals surface area (Å²) < 4.78 is 5.53. The van der Waals surface area contributed by atoms with Crippen LogP contribution in [-0.4, -0.2) is 58.5 Å². The second-order valence-electron chi connectivity index (χ2n) is 5.79. The fourth-order valence-electron chi connectivity index (χ4n) is 2.18. The molecule has 2 heterocycles. The molecule has 1 aromatic rings. The minimum atomic E-state index is -0.658. The standard InChI is InChI=1S/C12H23N5O2/c1-9(13)10-14-15-11(19-10)17-6-4-16(5-7-17)8-12(2,3)18/h9,18H,4-8,13H2,1-3H3. The summed E-state index contributed by atoms with van der Waals surface area (Å²) in [5.74, 6) is 0.467. The number of nitrogens with two attached hydrogens (primary N) is 1. The normalized spacial score (nSPS) is 19.7. The van der Waals surface area contributed by atoms with E-state index in [0.717, 1.165) is 26.2 Å². The van der Waals surface area contributed by atoms with Gasteiger partial charge in [-0.15, -0.1) is 5.10 Å². The Kier molecular flexibility index (Phi) is 4.07. The van der Waals surface area contributed by atoms with Crippen LogP contribution in [0.5, 0.6) is 0 Å². The first-order valence-electron chi connectivity index (χ1n) is 6.64. The molecule has 0 amide bonds. The third-order valence-electron chi connectivity index (χ3n) is 3.07. The first-order valence-corrected chi connectivity index (χ1v) is 6.64. The van der Waals surface area contributed by atoms with Gasteiger partial charge in [-0.2, -0.15) is 0 Å². The molecule has 2 rings (SSSR count). The molecule has 1 atom stereocenters. The number of rotatable bonds is 4. The van der Waals surface area contributed by atoms with E-state index >= 15 is 0 Å². The maximum Gasteiger partial charge on any atom is 0.318 e. The van der Waals surface area contributed by atoms with Gasteiger partial charge in [0.15, 0.2) is 0 Å². The Hall–Kier alpha value is -1.18. The van der Waals surface area contributed by atoms with Crippen molar-refractivity contribution in [2.45, 2.75) is 32.4 Å². The summed E-state index contributed by atoms with van der Waals surface area (Å²) in [6.07, 6.45) is 0. The topological polar surface area (TPSA) is 91.7 Å². The summed E-state index contributed by atoms with van der Waals surface area (Å²) in [5, 5.41) is 17.8. The van der Waals surface area contributed by atoms with Crippen molar-refractivity contribution in [3.63, 3.8) is 0 Å². The number of piperazine rings is 1. The maximum absolute atomic E-state index is 9.81. The number of β-amino-alcohol motifs (C(OH)–C–C–N with tert-alkyl or cyclic N) is 1. The minimum Gasteiger partial charge on any atom is -0.406 e. The maximum atomic E-state index is 9.81. The number of aromatic nitrogens is 2. The summed E-state index contributed by atoms with van der Waals surface area (Å²) in [6, 6.07) is 0.299. The Morgan fingerprint density at radius 3 is 2.42 bits per heavy atom. The van der Waals surface area contributed by atoms with Crippen molar-refractivity contribution in [3.05, 3.63) is 5.89 Å². The molecule has 0 spiro atoms. The van der Waals surface area contributed by atoms with Gasteiger partial charge >= 0.3 is 6.01 Å². The number of nitrogens with zero attached hydrogens (tertiary/aromatic N) is 4. The predicted molar refractivity (Wildman–Crippen MR) is 71.9 cm³/mol. The average Bonchev–Trinajstić information content (AvgIpc) is 2.77. The van der Waals surface area contributed by atoms with Gasteiger partial charge in [0, 0.05) is 32.7 Å². The van der Waals surface area contributed by atoms with Crippen LogP contribution in [0.2, 0.25) is 0 Å². The third kappa shape index (κ3) is 3.89. The molecular weight excluding hydrogens is 246 g/mol. The Balaban J connectivity index is 1.89. The summed E-state index contributed by atoms with van der Waals surface area (Å²) in [6.45, 7) is 9.53. The predicted octanol–water partition coefficient (Wildman–Crippen LogP) is -0.0178. The molecule has 7 heteroatoms. The van der Waals surface area contributed by atoms with Gasteiger partial charge in [-0.1, -0.05) is 5.10 Å². The molecule has 0 aliphatic carbocycles. The van der Waals surface area contributed by atoms with E-state index in [4.69, 9.17) is 10.2 Å². The van der Waals surface area contributed by atoms with Crippen LogP contribution in [0.25, 0.3) is 0 Å². The summed E-state index contributed by atoms with van der Waals surface area (Å²) in [5.41, 5.74) is 5.04. The Bertz CT molecular complexity index is 404. The molecule has 108 valence electrons. The van der Waals surface area contributed by atoms with Gasteiger partial charge in [-0.25, -0.2) is 0 Å². The number of anilines is 1. The molecule has 1 aliphatic heterocycles. The zero-order valence-electron chi connectivity index (χ0n) is 11.8. The molecule has 1 fully saturated rings. The first kappa shape index (κ1) is 14.2. The molecule has 19 heavy (non-hydrogen) atoms. The third-order valence-corrected chi connectivity index (χ3v) is 3.07. The fourth-order valence-corrected chi connectivity index (χ4v) is 2.18. The van der Waals surface area contributed by atoms with E-state index in [0.29, 0.717) is 18.5 Å². The quantitative estimate of drug-likeness (QED) is 0.793. The highest BCUT2D eigenvalue weighted by Crippen LogP contribution is 2.18. The second-order valence-corrected chi connectivity index (χ2v) is 5.79. The van der Waals surface area contributed by atoms with Crippen molar-refractivity contribution >= 4 is 6.01 Å². The van der Waals surface area contributed by atoms with Crippen molar-refractivity contribution < 1.29 is 9.52 Å². The molecule has 1 saturated heterocycles. The molecule has 1 aromatic heterocycles. The fraction of sp³-hybridized carbons (Fsp3) is 0.833. The van der Waals surface area contributed by atoms with Gasteiger partial charge in [0.1, 0.15) is 0 Å². The van der Waals surface area contributed by atoms with Crippen LogP contribution >= 0.6 is 0 Å². The van der Waals surface area contributed by atoms with Gasteiger partial charge in [0.25, 0.3) is 0 Å². The smallest absolute Gasteiger partial charge is 0.318 e. The first-order chi connectivity index (χ1) is 8.85. The van der Waals surface area contributed by atoms with E-state index in [1.165, 1.54) is 0 Å². The summed E-state index contributed by atoms with van der Waals surface area (Å²) in [4.78, 5) is 4.29. The molecule has 0 bridgehead atoms. The lowest BCUT2D eigenvalue weighted by Gasteiger charge is -2.36. The van der Waals surface area contributed by atoms with Gasteiger partial charge in [0.2, 0.25) is 5.89 Å². The second kappa shape index (κ2) is 5.44. The average molecular weight is 269 g/mol. The molecule has 0 aromatic carbocycles. The Morgan fingerprint density at radius 2 is 1.95 bits per heavy atom. The van der Waals surface area contributed by atoms with Crippen molar-refractivity contribution in [2.24, 2.45) is 5.73 Å². The Labute approximate surface area is 113 Å². The van der Waals surface area contributed by atoms with Crippen molar-refractivity contribution in [1.29, 1.82) is 0 Å². The van der Waals surface area contributed by atoms with Crippen molar-refractivity contribution in [3.8, 4) is 0 Å². The highest BCUT2D eigenvalue weighted by molar-refractivity contribution is 5.25. The van der Waals surface area contributed by atoms with E-state index < -0.39 is 5.60 Å². The summed E-state index contributed by atoms with van der Waals surface area (Å²) in [7, 11) is 0. The highest BCUT2D eigenvalue weighted by Gasteiger charge is 2.25. The van der Waals surface area contributed by atoms with Crippen LogP contribution in [0.4, 0.5) is 6.01 Å². The largest absolute Gasteiger partial charge is 0.406 e. The van der Waals surface area contributed by atoms with Crippen LogP contribution in [0.15, 0.2) is 4.42 Å². The lowest BCUT2D eigenvalue weighted by Crippen LogP contribution is -2.50. The number of aliphatic hydroxyl groups is 1. The lowest BCUT2D eigenvalue weighted by molar-refractivity contribution is 0.0342. The zero-order chi connectivity index (χ0) is 14.0. The highest BCUT2D eigenvalue weighted by atomic mass is 16.4. The van der Waals surface area contributed by atoms with E-state index in [-0.39, 0.29) is 6.04 Å². The minimum absolute atomic E-state index is 0.238. The monoisotopic (exact) mass is 269 g/mol. The molecule has 1 unspecified atom stereocenters. The van der Waals surface area contributed by atoms with Crippen molar-refractivity contribution in [1.82, 2.24) is 15.1 Å².